The maximum absolute atomic E-state index is 11.1. The lowest BCUT2D eigenvalue weighted by Crippen LogP contribution is -1.71. The SMILES string of the molecule is CC[CH2][Mg][F]. The van der Waals surface area contributed by atoms with Crippen molar-refractivity contribution in [2.75, 3.05) is 0 Å². The van der Waals surface area contributed by atoms with Gasteiger partial charge >= 0.3 is 20.9 Å². The lowest BCUT2D eigenvalue weighted by Gasteiger charge is -1.72. The summed E-state index contributed by atoms with van der Waals surface area (Å²) in [5, 5.41) is 0. The molecular formula is C3H7FMg. The van der Waals surface area contributed by atoms with Gasteiger partial charge in [-0.05, 0) is 0 Å². The van der Waals surface area contributed by atoms with Gasteiger partial charge in [0.1, 0.15) is 0 Å². The highest BCUT2D eigenvalue weighted by Gasteiger charge is 1.85. The first kappa shape index (κ1) is 5.70. The molecule has 0 aliphatic rings. The lowest BCUT2D eigenvalue weighted by molar-refractivity contribution is 0.845. The van der Waals surface area contributed by atoms with Gasteiger partial charge in [0, 0.05) is 0 Å². The van der Waals surface area contributed by atoms with Crippen molar-refractivity contribution in [1.29, 1.82) is 0 Å². The molecule has 0 saturated carbocycles. The summed E-state index contributed by atoms with van der Waals surface area (Å²) in [7, 11) is 0. The Morgan fingerprint density at radius 3 is 2.40 bits per heavy atom. The van der Waals surface area contributed by atoms with Crippen LogP contribution in [-0.2, 0) is 0 Å². The van der Waals surface area contributed by atoms with E-state index in [4.69, 9.17) is 0 Å². The minimum atomic E-state index is -1.09. The number of halogens is 1. The van der Waals surface area contributed by atoms with Crippen LogP contribution in [0.25, 0.3) is 0 Å². The van der Waals surface area contributed by atoms with Crippen molar-refractivity contribution in [2.45, 2.75) is 17.9 Å². The third-order valence-electron chi connectivity index (χ3n) is 0.487. The minimum absolute atomic E-state index is 0.861. The monoisotopic (exact) mass is 86.0 g/mol. The maximum Gasteiger partial charge on any atom is 0.614 e. The quantitative estimate of drug-likeness (QED) is 0.446. The number of hydrogen-bond acceptors (Lipinski definition) is 0. The largest absolute Gasteiger partial charge is 0.614 e. The van der Waals surface area contributed by atoms with E-state index in [1.165, 1.54) is 0 Å². The van der Waals surface area contributed by atoms with E-state index in [1.807, 2.05) is 6.92 Å². The molecule has 0 fully saturated rings. The second-order valence-corrected chi connectivity index (χ2v) is 2.13. The Labute approximate surface area is 42.2 Å². The standard InChI is InChI=1S/C3H7.FH.Mg/c1-3-2;;/h1,3H2,2H3;1H;/q;;+1/p-1. The number of hydrogen-bond donors (Lipinski definition) is 0. The zero-order valence-corrected chi connectivity index (χ0v) is 4.91. The van der Waals surface area contributed by atoms with E-state index in [-0.39, 0.29) is 0 Å². The van der Waals surface area contributed by atoms with Gasteiger partial charge < -0.3 is 2.96 Å². The number of rotatable bonds is 2. The van der Waals surface area contributed by atoms with Crippen LogP contribution in [0.2, 0.25) is 4.55 Å². The van der Waals surface area contributed by atoms with E-state index in [9.17, 15) is 2.96 Å². The van der Waals surface area contributed by atoms with Crippen LogP contribution in [0.3, 0.4) is 0 Å². The minimum Gasteiger partial charge on any atom is -0.486 e. The van der Waals surface area contributed by atoms with E-state index < -0.39 is 20.9 Å². The third-order valence-corrected chi connectivity index (χ3v) is 1.46. The van der Waals surface area contributed by atoms with Crippen molar-refractivity contribution in [3.63, 3.8) is 0 Å². The summed E-state index contributed by atoms with van der Waals surface area (Å²) in [5.41, 5.74) is 0. The van der Waals surface area contributed by atoms with Gasteiger partial charge in [0.05, 0.1) is 0 Å². The van der Waals surface area contributed by atoms with E-state index in [1.54, 1.807) is 0 Å². The van der Waals surface area contributed by atoms with Gasteiger partial charge in [0.2, 0.25) is 0 Å². The first-order valence-corrected chi connectivity index (χ1v) is 3.51. The molecule has 5 heavy (non-hydrogen) atoms. The average molecular weight is 86.4 g/mol. The van der Waals surface area contributed by atoms with Crippen molar-refractivity contribution in [1.82, 2.24) is 0 Å². The molecule has 0 aromatic heterocycles. The van der Waals surface area contributed by atoms with Gasteiger partial charge in [0.25, 0.3) is 0 Å². The molecule has 0 atom stereocenters. The van der Waals surface area contributed by atoms with Crippen LogP contribution in [0.15, 0.2) is 0 Å². The van der Waals surface area contributed by atoms with Gasteiger partial charge in [-0.25, -0.2) is 0 Å². The van der Waals surface area contributed by atoms with E-state index in [0.29, 0.717) is 0 Å². The van der Waals surface area contributed by atoms with Crippen LogP contribution < -0.4 is 0 Å². The van der Waals surface area contributed by atoms with Crippen molar-refractivity contribution < 1.29 is 2.96 Å². The summed E-state index contributed by atoms with van der Waals surface area (Å²) < 4.78 is 12.0. The van der Waals surface area contributed by atoms with E-state index in [2.05, 4.69) is 0 Å². The van der Waals surface area contributed by atoms with Crippen molar-refractivity contribution in [3.05, 3.63) is 0 Å². The molecule has 0 aromatic carbocycles. The zero-order valence-electron chi connectivity index (χ0n) is 3.50. The topological polar surface area (TPSA) is 0 Å². The third kappa shape index (κ3) is 4.70. The highest BCUT2D eigenvalue weighted by atomic mass is 24.6. The van der Waals surface area contributed by atoms with Crippen LogP contribution >= 0.6 is 0 Å². The maximum atomic E-state index is 11.1. The van der Waals surface area contributed by atoms with E-state index in [0.717, 1.165) is 11.0 Å². The highest BCUT2D eigenvalue weighted by Crippen LogP contribution is 1.82. The predicted octanol–water partition coefficient (Wildman–Crippen LogP) is 1.40. The molecule has 0 aromatic rings. The second-order valence-electron chi connectivity index (χ2n) is 1.04. The Hall–Kier alpha value is 0.696. The van der Waals surface area contributed by atoms with Crippen LogP contribution in [0.1, 0.15) is 13.3 Å². The van der Waals surface area contributed by atoms with Crippen LogP contribution in [0, 0.1) is 0 Å². The Morgan fingerprint density at radius 1 is 1.80 bits per heavy atom. The molecule has 28 valence electrons. The van der Waals surface area contributed by atoms with Crippen molar-refractivity contribution in [3.8, 4) is 0 Å². The Kier molecular flexibility index (Phi) is 5.35. The van der Waals surface area contributed by atoms with Gasteiger partial charge in [-0.3, -0.25) is 0 Å². The van der Waals surface area contributed by atoms with Crippen LogP contribution in [0.4, 0.5) is 2.96 Å². The molecule has 0 nitrogen and oxygen atoms in total. The molecule has 0 aliphatic heterocycles. The summed E-state index contributed by atoms with van der Waals surface area (Å²) in [6, 6.07) is 0. The Morgan fingerprint density at radius 2 is 2.40 bits per heavy atom. The summed E-state index contributed by atoms with van der Waals surface area (Å²) in [6.07, 6.45) is 1.03. The van der Waals surface area contributed by atoms with Crippen LogP contribution in [-0.4, -0.2) is 20.9 Å². The van der Waals surface area contributed by atoms with Crippen molar-refractivity contribution in [2.24, 2.45) is 0 Å². The van der Waals surface area contributed by atoms with Gasteiger partial charge in [-0.2, -0.15) is 0 Å². The molecule has 0 saturated heterocycles. The fourth-order valence-corrected chi connectivity index (χ4v) is 0.401. The summed E-state index contributed by atoms with van der Waals surface area (Å²) in [6.45, 7) is 2.01. The molecule has 0 aliphatic carbocycles. The molecule has 0 amide bonds. The molecule has 0 unspecified atom stereocenters. The van der Waals surface area contributed by atoms with Crippen molar-refractivity contribution >= 4 is 20.9 Å². The van der Waals surface area contributed by atoms with Gasteiger partial charge in [0.15, 0.2) is 0 Å². The van der Waals surface area contributed by atoms with E-state index >= 15 is 0 Å². The molecule has 0 radical (unpaired) electrons. The molecule has 0 heterocycles. The molecule has 0 spiro atoms. The normalized spacial score (nSPS) is 6.80. The summed E-state index contributed by atoms with van der Waals surface area (Å²) >= 11 is -1.09. The van der Waals surface area contributed by atoms with Crippen LogP contribution in [0.5, 0.6) is 0 Å². The lowest BCUT2D eigenvalue weighted by atomic mass is 10.6. The fraction of sp³-hybridized carbons (Fsp3) is 1.00. The molecule has 0 rings (SSSR count). The molecule has 2 heteroatoms. The Balaban J connectivity index is 2.19. The molecule has 0 bridgehead atoms. The summed E-state index contributed by atoms with van der Waals surface area (Å²) in [4.78, 5) is 0. The fourth-order valence-electron chi connectivity index (χ4n) is 0.134. The molecule has 0 N–H and O–H groups in total. The predicted molar refractivity (Wildman–Crippen MR) is 22.0 cm³/mol. The second kappa shape index (κ2) is 4.70. The average Bonchev–Trinajstić information content (AvgIpc) is 1.41. The first-order chi connectivity index (χ1) is 2.41. The highest BCUT2D eigenvalue weighted by molar-refractivity contribution is 6.25. The summed E-state index contributed by atoms with van der Waals surface area (Å²) in [5.74, 6) is 0. The van der Waals surface area contributed by atoms with Gasteiger partial charge in [-0.15, -0.1) is 4.55 Å². The molecular weight excluding hydrogens is 79.3 g/mol. The smallest absolute Gasteiger partial charge is 0.486 e. The van der Waals surface area contributed by atoms with Gasteiger partial charge in [-0.1, -0.05) is 13.3 Å². The Bertz CT molecular complexity index is 14.4. The first-order valence-electron chi connectivity index (χ1n) is 1.97. The zero-order chi connectivity index (χ0) is 4.12.